The van der Waals surface area contributed by atoms with E-state index in [1.54, 1.807) is 0 Å². The number of aromatic nitrogens is 2. The topological polar surface area (TPSA) is 44.3 Å². The molecule has 0 aromatic carbocycles. The van der Waals surface area contributed by atoms with Crippen LogP contribution in [-0.4, -0.2) is 60.2 Å². The average molecular weight is 345 g/mol. The van der Waals surface area contributed by atoms with Crippen LogP contribution < -0.4 is 10.2 Å². The van der Waals surface area contributed by atoms with Crippen LogP contribution in [0.4, 0.5) is 5.95 Å². The molecule has 0 bridgehead atoms. The van der Waals surface area contributed by atoms with Crippen LogP contribution in [0.1, 0.15) is 0 Å². The fourth-order valence-electron chi connectivity index (χ4n) is 2.29. The fraction of sp³-hybridized carbons (Fsp3) is 0.636. The number of piperazine rings is 1. The second-order valence-corrected chi connectivity index (χ2v) is 5.78. The predicted octanol–water partition coefficient (Wildman–Crippen LogP) is 0.175. The lowest BCUT2D eigenvalue weighted by Crippen LogP contribution is -2.61. The summed E-state index contributed by atoms with van der Waals surface area (Å²) in [6, 6.07) is 0.759. The molecule has 1 aromatic heterocycles. The van der Waals surface area contributed by atoms with Crippen molar-refractivity contribution in [2.75, 3.05) is 44.2 Å². The summed E-state index contributed by atoms with van der Waals surface area (Å²) in [5.41, 5.74) is 0. The van der Waals surface area contributed by atoms with Gasteiger partial charge in [-0.3, -0.25) is 4.90 Å². The highest BCUT2D eigenvalue weighted by molar-refractivity contribution is 14.1. The average Bonchev–Trinajstić information content (AvgIpc) is 2.29. The van der Waals surface area contributed by atoms with E-state index < -0.39 is 0 Å². The Morgan fingerprint density at radius 2 is 1.76 bits per heavy atom. The first-order chi connectivity index (χ1) is 8.33. The normalized spacial score (nSPS) is 22.5. The Morgan fingerprint density at radius 1 is 1.12 bits per heavy atom. The summed E-state index contributed by atoms with van der Waals surface area (Å²) in [5.74, 6) is 0.872. The van der Waals surface area contributed by atoms with Crippen molar-refractivity contribution in [3.05, 3.63) is 16.0 Å². The molecule has 0 saturated carbocycles. The first kappa shape index (κ1) is 11.6. The van der Waals surface area contributed by atoms with Crippen LogP contribution in [0.25, 0.3) is 0 Å². The van der Waals surface area contributed by atoms with Crippen LogP contribution in [0.3, 0.4) is 0 Å². The van der Waals surface area contributed by atoms with Gasteiger partial charge in [-0.1, -0.05) is 0 Å². The molecule has 3 heterocycles. The molecule has 0 amide bonds. The van der Waals surface area contributed by atoms with E-state index in [2.05, 4.69) is 47.7 Å². The van der Waals surface area contributed by atoms with Crippen molar-refractivity contribution in [2.45, 2.75) is 6.04 Å². The summed E-state index contributed by atoms with van der Waals surface area (Å²) in [6.07, 6.45) is 3.76. The lowest BCUT2D eigenvalue weighted by atomic mass is 10.1. The maximum absolute atomic E-state index is 4.38. The Balaban J connectivity index is 1.58. The predicted molar refractivity (Wildman–Crippen MR) is 75.2 cm³/mol. The van der Waals surface area contributed by atoms with Crippen LogP contribution in [-0.2, 0) is 0 Å². The molecule has 6 heteroatoms. The highest BCUT2D eigenvalue weighted by Gasteiger charge is 2.28. The summed E-state index contributed by atoms with van der Waals surface area (Å²) in [4.78, 5) is 13.6. The molecular formula is C11H16IN5. The first-order valence-corrected chi connectivity index (χ1v) is 7.08. The number of nitrogens with one attached hydrogen (secondary N) is 1. The van der Waals surface area contributed by atoms with E-state index in [0.29, 0.717) is 0 Å². The molecule has 92 valence electrons. The third-order valence-corrected chi connectivity index (χ3v) is 4.04. The largest absolute Gasteiger partial charge is 0.338 e. The van der Waals surface area contributed by atoms with E-state index in [0.717, 1.165) is 54.8 Å². The first-order valence-electron chi connectivity index (χ1n) is 6.00. The Hall–Kier alpha value is -0.470. The van der Waals surface area contributed by atoms with E-state index in [9.17, 15) is 0 Å². The summed E-state index contributed by atoms with van der Waals surface area (Å²) < 4.78 is 1.09. The molecule has 2 aliphatic heterocycles. The maximum Gasteiger partial charge on any atom is 0.225 e. The second kappa shape index (κ2) is 5.03. The highest BCUT2D eigenvalue weighted by atomic mass is 127. The van der Waals surface area contributed by atoms with E-state index in [1.807, 2.05) is 12.4 Å². The van der Waals surface area contributed by atoms with Crippen LogP contribution in [0.2, 0.25) is 0 Å². The Labute approximate surface area is 115 Å². The van der Waals surface area contributed by atoms with E-state index >= 15 is 0 Å². The molecule has 0 atom stereocenters. The molecule has 0 radical (unpaired) electrons. The zero-order valence-electron chi connectivity index (χ0n) is 9.64. The minimum Gasteiger partial charge on any atom is -0.338 e. The third kappa shape index (κ3) is 2.53. The molecule has 17 heavy (non-hydrogen) atoms. The van der Waals surface area contributed by atoms with Gasteiger partial charge in [0.1, 0.15) is 0 Å². The van der Waals surface area contributed by atoms with Crippen LogP contribution in [0.5, 0.6) is 0 Å². The lowest BCUT2D eigenvalue weighted by Gasteiger charge is -2.43. The minimum absolute atomic E-state index is 0.759. The van der Waals surface area contributed by atoms with Crippen LogP contribution in [0.15, 0.2) is 12.4 Å². The number of rotatable bonds is 2. The van der Waals surface area contributed by atoms with Crippen LogP contribution >= 0.6 is 22.6 Å². The Kier molecular flexibility index (Phi) is 3.44. The summed E-state index contributed by atoms with van der Waals surface area (Å²) >= 11 is 2.23. The van der Waals surface area contributed by atoms with Gasteiger partial charge in [-0.15, -0.1) is 0 Å². The Bertz CT molecular complexity index is 370. The molecule has 2 aliphatic rings. The van der Waals surface area contributed by atoms with Crippen molar-refractivity contribution >= 4 is 28.5 Å². The van der Waals surface area contributed by atoms with Crippen LogP contribution in [0, 0.1) is 3.57 Å². The van der Waals surface area contributed by atoms with Crippen molar-refractivity contribution in [2.24, 2.45) is 0 Å². The van der Waals surface area contributed by atoms with Gasteiger partial charge in [-0.2, -0.15) is 0 Å². The molecule has 5 nitrogen and oxygen atoms in total. The molecule has 0 aliphatic carbocycles. The highest BCUT2D eigenvalue weighted by Crippen LogP contribution is 2.14. The van der Waals surface area contributed by atoms with Gasteiger partial charge in [-0.25, -0.2) is 9.97 Å². The van der Waals surface area contributed by atoms with Gasteiger partial charge in [-0.05, 0) is 22.6 Å². The molecule has 1 aromatic rings. The number of hydrogen-bond acceptors (Lipinski definition) is 5. The molecule has 0 unspecified atom stereocenters. The number of nitrogens with zero attached hydrogens (tertiary/aromatic N) is 4. The SMILES string of the molecule is Ic1cnc(N2CCN(C3CNC3)CC2)nc1. The number of hydrogen-bond donors (Lipinski definition) is 1. The van der Waals surface area contributed by atoms with Crippen molar-refractivity contribution in [3.8, 4) is 0 Å². The number of anilines is 1. The Morgan fingerprint density at radius 3 is 2.29 bits per heavy atom. The maximum atomic E-state index is 4.38. The fourth-order valence-corrected chi connectivity index (χ4v) is 2.57. The third-order valence-electron chi connectivity index (χ3n) is 3.48. The summed E-state index contributed by atoms with van der Waals surface area (Å²) in [7, 11) is 0. The summed E-state index contributed by atoms with van der Waals surface area (Å²) in [5, 5.41) is 3.33. The van der Waals surface area contributed by atoms with Gasteiger partial charge in [0.15, 0.2) is 0 Å². The van der Waals surface area contributed by atoms with Crippen molar-refractivity contribution in [1.29, 1.82) is 0 Å². The quantitative estimate of drug-likeness (QED) is 0.775. The lowest BCUT2D eigenvalue weighted by molar-refractivity contribution is 0.137. The molecular weight excluding hydrogens is 329 g/mol. The van der Waals surface area contributed by atoms with E-state index in [-0.39, 0.29) is 0 Å². The standard InChI is InChI=1S/C11H16IN5/c12-9-5-14-11(15-6-9)17-3-1-16(2-4-17)10-7-13-8-10/h5-6,10,13H,1-4,7-8H2. The molecule has 0 spiro atoms. The molecule has 1 N–H and O–H groups in total. The molecule has 3 rings (SSSR count). The van der Waals surface area contributed by atoms with Crippen molar-refractivity contribution in [3.63, 3.8) is 0 Å². The molecule has 2 saturated heterocycles. The smallest absolute Gasteiger partial charge is 0.225 e. The van der Waals surface area contributed by atoms with Gasteiger partial charge >= 0.3 is 0 Å². The van der Waals surface area contributed by atoms with Gasteiger partial charge in [0.25, 0.3) is 0 Å². The zero-order valence-corrected chi connectivity index (χ0v) is 11.8. The van der Waals surface area contributed by atoms with E-state index in [1.165, 1.54) is 0 Å². The van der Waals surface area contributed by atoms with Crippen molar-refractivity contribution in [1.82, 2.24) is 20.2 Å². The monoisotopic (exact) mass is 345 g/mol. The number of halogens is 1. The summed E-state index contributed by atoms with van der Waals surface area (Å²) in [6.45, 7) is 6.64. The van der Waals surface area contributed by atoms with Gasteiger partial charge in [0, 0.05) is 61.3 Å². The van der Waals surface area contributed by atoms with Crippen molar-refractivity contribution < 1.29 is 0 Å². The van der Waals surface area contributed by atoms with Gasteiger partial charge in [0.05, 0.1) is 0 Å². The van der Waals surface area contributed by atoms with E-state index in [4.69, 9.17) is 0 Å². The minimum atomic E-state index is 0.759. The van der Waals surface area contributed by atoms with Gasteiger partial charge < -0.3 is 10.2 Å². The van der Waals surface area contributed by atoms with Gasteiger partial charge in [0.2, 0.25) is 5.95 Å². The molecule has 2 fully saturated rings. The zero-order chi connectivity index (χ0) is 11.7. The second-order valence-electron chi connectivity index (χ2n) is 4.54.